The fourth-order valence-electron chi connectivity index (χ4n) is 4.23. The Morgan fingerprint density at radius 3 is 2.67 bits per heavy atom. The lowest BCUT2D eigenvalue weighted by Gasteiger charge is -2.26. The third-order valence-electron chi connectivity index (χ3n) is 6.14. The summed E-state index contributed by atoms with van der Waals surface area (Å²) in [6.07, 6.45) is 1.75. The lowest BCUT2D eigenvalue weighted by atomic mass is 10.0. The van der Waals surface area contributed by atoms with Crippen molar-refractivity contribution < 1.29 is 19.4 Å². The standard InChI is InChI=1S/C26H28N6O4/c1-17-14-18(2-7-21(17)25(27)34)23-16-29-26-22(28-8-9-31-10-12-35-13-11-31)15-24(30-32(23)26)36-20-5-3-19(33)4-6-20/h2-7,14-16,28,33H,8-13H2,1H3,(H2,27,34). The van der Waals surface area contributed by atoms with Crippen molar-refractivity contribution >= 4 is 17.2 Å². The molecule has 4 aromatic rings. The number of aryl methyl sites for hydroxylation is 1. The summed E-state index contributed by atoms with van der Waals surface area (Å²) in [7, 11) is 0. The average molecular weight is 489 g/mol. The number of imidazole rings is 1. The van der Waals surface area contributed by atoms with E-state index in [2.05, 4.69) is 20.3 Å². The zero-order valence-electron chi connectivity index (χ0n) is 20.0. The number of primary amides is 1. The van der Waals surface area contributed by atoms with Crippen LogP contribution < -0.4 is 15.8 Å². The minimum atomic E-state index is -0.466. The first-order valence-electron chi connectivity index (χ1n) is 11.8. The van der Waals surface area contributed by atoms with Crippen molar-refractivity contribution in [2.75, 3.05) is 44.7 Å². The molecule has 0 bridgehead atoms. The van der Waals surface area contributed by atoms with Crippen LogP contribution in [0.5, 0.6) is 17.4 Å². The number of rotatable bonds is 8. The van der Waals surface area contributed by atoms with E-state index in [4.69, 9.17) is 15.2 Å². The molecule has 2 aromatic carbocycles. The largest absolute Gasteiger partial charge is 0.508 e. The first-order chi connectivity index (χ1) is 17.5. The fraction of sp³-hybridized carbons (Fsp3) is 0.269. The number of hydrogen-bond acceptors (Lipinski definition) is 8. The number of fused-ring (bicyclic) bond motifs is 1. The topological polar surface area (TPSA) is 127 Å². The summed E-state index contributed by atoms with van der Waals surface area (Å²) in [5.74, 6) is 0.601. The van der Waals surface area contributed by atoms with Crippen molar-refractivity contribution in [1.82, 2.24) is 19.5 Å². The van der Waals surface area contributed by atoms with Gasteiger partial charge in [-0.3, -0.25) is 9.69 Å². The number of nitrogens with one attached hydrogen (secondary N) is 1. The second kappa shape index (κ2) is 10.2. The SMILES string of the molecule is Cc1cc(-c2cnc3c(NCCN4CCOCC4)cc(Oc4ccc(O)cc4)nn23)ccc1C(N)=O. The molecule has 0 spiro atoms. The number of morpholine rings is 1. The highest BCUT2D eigenvalue weighted by Crippen LogP contribution is 2.30. The molecular formula is C26H28N6O4. The Morgan fingerprint density at radius 2 is 1.94 bits per heavy atom. The van der Waals surface area contributed by atoms with E-state index in [0.717, 1.165) is 55.4 Å². The van der Waals surface area contributed by atoms with Crippen LogP contribution in [0.2, 0.25) is 0 Å². The Labute approximate surface area is 208 Å². The minimum Gasteiger partial charge on any atom is -0.508 e. The molecule has 3 heterocycles. The number of amides is 1. The highest BCUT2D eigenvalue weighted by Gasteiger charge is 2.16. The number of phenols is 1. The lowest BCUT2D eigenvalue weighted by Crippen LogP contribution is -2.39. The van der Waals surface area contributed by atoms with Gasteiger partial charge < -0.3 is 25.6 Å². The van der Waals surface area contributed by atoms with Gasteiger partial charge in [-0.2, -0.15) is 0 Å². The summed E-state index contributed by atoms with van der Waals surface area (Å²) in [6.45, 7) is 6.76. The number of phenolic OH excluding ortho intramolecular Hbond substituents is 1. The van der Waals surface area contributed by atoms with Crippen LogP contribution in [0.3, 0.4) is 0 Å². The number of carbonyl (C=O) groups excluding carboxylic acids is 1. The van der Waals surface area contributed by atoms with E-state index in [9.17, 15) is 9.90 Å². The first kappa shape index (κ1) is 23.6. The number of hydrogen-bond donors (Lipinski definition) is 3. The Bertz CT molecular complexity index is 1380. The summed E-state index contributed by atoms with van der Waals surface area (Å²) >= 11 is 0. The molecule has 0 radical (unpaired) electrons. The van der Waals surface area contributed by atoms with Gasteiger partial charge in [-0.1, -0.05) is 6.07 Å². The van der Waals surface area contributed by atoms with E-state index < -0.39 is 5.91 Å². The van der Waals surface area contributed by atoms with Crippen molar-refractivity contribution in [2.45, 2.75) is 6.92 Å². The van der Waals surface area contributed by atoms with Crippen LogP contribution in [0.25, 0.3) is 16.9 Å². The van der Waals surface area contributed by atoms with E-state index in [1.807, 2.05) is 25.1 Å². The van der Waals surface area contributed by atoms with E-state index in [0.29, 0.717) is 29.4 Å². The zero-order chi connectivity index (χ0) is 25.1. The Kier molecular flexibility index (Phi) is 6.70. The van der Waals surface area contributed by atoms with Gasteiger partial charge in [-0.15, -0.1) is 5.10 Å². The number of aromatic hydroxyl groups is 1. The van der Waals surface area contributed by atoms with Crippen LogP contribution in [0.15, 0.2) is 54.7 Å². The second-order valence-electron chi connectivity index (χ2n) is 8.65. The minimum absolute atomic E-state index is 0.155. The highest BCUT2D eigenvalue weighted by atomic mass is 16.5. The Balaban J connectivity index is 1.49. The van der Waals surface area contributed by atoms with E-state index in [-0.39, 0.29) is 5.75 Å². The summed E-state index contributed by atoms with van der Waals surface area (Å²) < 4.78 is 13.2. The van der Waals surface area contributed by atoms with Gasteiger partial charge in [0, 0.05) is 43.4 Å². The maximum absolute atomic E-state index is 11.7. The number of anilines is 1. The monoisotopic (exact) mass is 488 g/mol. The van der Waals surface area contributed by atoms with Gasteiger partial charge in [-0.05, 0) is 48.9 Å². The van der Waals surface area contributed by atoms with Gasteiger partial charge in [0.05, 0.1) is 30.8 Å². The van der Waals surface area contributed by atoms with Crippen LogP contribution in [0.4, 0.5) is 5.69 Å². The molecule has 1 aliphatic heterocycles. The van der Waals surface area contributed by atoms with Crippen molar-refractivity contribution in [2.24, 2.45) is 5.73 Å². The summed E-state index contributed by atoms with van der Waals surface area (Å²) in [5, 5.41) is 17.8. The van der Waals surface area contributed by atoms with Gasteiger partial charge >= 0.3 is 0 Å². The molecule has 1 amide bonds. The van der Waals surface area contributed by atoms with Crippen LogP contribution >= 0.6 is 0 Å². The Morgan fingerprint density at radius 1 is 1.17 bits per heavy atom. The lowest BCUT2D eigenvalue weighted by molar-refractivity contribution is 0.0398. The van der Waals surface area contributed by atoms with Crippen molar-refractivity contribution in [3.05, 3.63) is 65.9 Å². The third kappa shape index (κ3) is 5.09. The van der Waals surface area contributed by atoms with Crippen LogP contribution in [0.1, 0.15) is 15.9 Å². The molecule has 1 aliphatic rings. The van der Waals surface area contributed by atoms with Crippen molar-refractivity contribution in [3.8, 4) is 28.6 Å². The molecule has 1 fully saturated rings. The number of ether oxygens (including phenoxy) is 2. The van der Waals surface area contributed by atoms with Crippen LogP contribution in [0, 0.1) is 6.92 Å². The van der Waals surface area contributed by atoms with E-state index >= 15 is 0 Å². The van der Waals surface area contributed by atoms with Crippen molar-refractivity contribution in [1.29, 1.82) is 0 Å². The smallest absolute Gasteiger partial charge is 0.248 e. The predicted molar refractivity (Wildman–Crippen MR) is 136 cm³/mol. The van der Waals surface area contributed by atoms with Gasteiger partial charge in [0.1, 0.15) is 11.5 Å². The first-order valence-corrected chi connectivity index (χ1v) is 11.8. The second-order valence-corrected chi connectivity index (χ2v) is 8.65. The maximum atomic E-state index is 11.7. The third-order valence-corrected chi connectivity index (χ3v) is 6.14. The van der Waals surface area contributed by atoms with Crippen LogP contribution in [-0.4, -0.2) is 69.9 Å². The summed E-state index contributed by atoms with van der Waals surface area (Å²) in [6, 6.07) is 13.7. The molecule has 2 aromatic heterocycles. The molecule has 0 atom stereocenters. The highest BCUT2D eigenvalue weighted by molar-refractivity contribution is 5.94. The molecule has 0 saturated carbocycles. The normalized spacial score (nSPS) is 14.1. The molecule has 1 saturated heterocycles. The molecule has 10 nitrogen and oxygen atoms in total. The van der Waals surface area contributed by atoms with Gasteiger partial charge in [-0.25, -0.2) is 9.50 Å². The molecule has 186 valence electrons. The predicted octanol–water partition coefficient (Wildman–Crippen LogP) is 3.05. The maximum Gasteiger partial charge on any atom is 0.248 e. The zero-order valence-corrected chi connectivity index (χ0v) is 20.0. The number of carbonyl (C=O) groups is 1. The molecule has 0 unspecified atom stereocenters. The quantitative estimate of drug-likeness (QED) is 0.345. The molecule has 36 heavy (non-hydrogen) atoms. The number of nitrogens with zero attached hydrogens (tertiary/aromatic N) is 4. The number of nitrogens with two attached hydrogens (primary N) is 1. The number of benzene rings is 2. The Hall–Kier alpha value is -4.15. The summed E-state index contributed by atoms with van der Waals surface area (Å²) in [4.78, 5) is 18.7. The number of aromatic nitrogens is 3. The molecule has 5 rings (SSSR count). The molecule has 4 N–H and O–H groups in total. The summed E-state index contributed by atoms with van der Waals surface area (Å²) in [5.41, 5.74) is 9.75. The van der Waals surface area contributed by atoms with Gasteiger partial charge in [0.15, 0.2) is 5.65 Å². The average Bonchev–Trinajstić information content (AvgIpc) is 3.30. The van der Waals surface area contributed by atoms with Gasteiger partial charge in [0.25, 0.3) is 0 Å². The molecule has 0 aliphatic carbocycles. The van der Waals surface area contributed by atoms with Crippen LogP contribution in [-0.2, 0) is 4.74 Å². The van der Waals surface area contributed by atoms with Gasteiger partial charge in [0.2, 0.25) is 11.8 Å². The van der Waals surface area contributed by atoms with E-state index in [1.54, 1.807) is 41.0 Å². The fourth-order valence-corrected chi connectivity index (χ4v) is 4.23. The molecule has 10 heteroatoms. The molecular weight excluding hydrogens is 460 g/mol. The van der Waals surface area contributed by atoms with E-state index in [1.165, 1.54) is 0 Å². The van der Waals surface area contributed by atoms with Crippen molar-refractivity contribution in [3.63, 3.8) is 0 Å².